The quantitative estimate of drug-likeness (QED) is 0.771. The molecule has 1 saturated heterocycles. The summed E-state index contributed by atoms with van der Waals surface area (Å²) in [6.45, 7) is 0. The van der Waals surface area contributed by atoms with Crippen LogP contribution in [0.25, 0.3) is 0 Å². The Morgan fingerprint density at radius 1 is 1.04 bits per heavy atom. The third-order valence-electron chi connectivity index (χ3n) is 4.58. The Hall–Kier alpha value is -3.42. The van der Waals surface area contributed by atoms with Crippen molar-refractivity contribution in [2.75, 3.05) is 19.1 Å². The van der Waals surface area contributed by atoms with E-state index >= 15 is 0 Å². The van der Waals surface area contributed by atoms with Gasteiger partial charge in [0.05, 0.1) is 19.9 Å². The summed E-state index contributed by atoms with van der Waals surface area (Å²) in [5.41, 5.74) is 1.13. The fourth-order valence-electron chi connectivity index (χ4n) is 3.26. The number of rotatable bonds is 4. The molecule has 0 bridgehead atoms. The van der Waals surface area contributed by atoms with Crippen molar-refractivity contribution < 1.29 is 28.3 Å². The van der Waals surface area contributed by atoms with Crippen LogP contribution < -0.4 is 14.4 Å². The van der Waals surface area contributed by atoms with Gasteiger partial charge in [0, 0.05) is 11.6 Å². The molecule has 2 heterocycles. The average molecular weight is 370 g/mol. The van der Waals surface area contributed by atoms with E-state index in [9.17, 15) is 14.0 Å². The molecule has 2 atom stereocenters. The minimum absolute atomic E-state index is 0.283. The molecular weight excluding hydrogens is 355 g/mol. The summed E-state index contributed by atoms with van der Waals surface area (Å²) in [6.07, 6.45) is -1.05. The van der Waals surface area contributed by atoms with E-state index in [-0.39, 0.29) is 5.69 Å². The van der Waals surface area contributed by atoms with Gasteiger partial charge in [-0.15, -0.1) is 0 Å². The predicted octanol–water partition coefficient (Wildman–Crippen LogP) is 2.14. The van der Waals surface area contributed by atoms with Gasteiger partial charge in [-0.3, -0.25) is 9.59 Å². The van der Waals surface area contributed by atoms with Gasteiger partial charge in [-0.2, -0.15) is 0 Å². The number of halogens is 1. The maximum atomic E-state index is 13.2. The molecule has 0 saturated carbocycles. The summed E-state index contributed by atoms with van der Waals surface area (Å²) < 4.78 is 23.7. The first kappa shape index (κ1) is 17.0. The Bertz CT molecular complexity index is 957. The highest BCUT2D eigenvalue weighted by Crippen LogP contribution is 2.38. The zero-order valence-corrected chi connectivity index (χ0v) is 14.5. The summed E-state index contributed by atoms with van der Waals surface area (Å²) in [6, 6.07) is 10.2. The maximum Gasteiger partial charge on any atom is 0.278 e. The van der Waals surface area contributed by atoms with E-state index in [0.29, 0.717) is 22.8 Å². The number of methoxy groups -OCH3 is 2. The number of ether oxygens (including phenoxy) is 2. The second-order valence-corrected chi connectivity index (χ2v) is 6.03. The molecule has 0 radical (unpaired) electrons. The van der Waals surface area contributed by atoms with E-state index in [2.05, 4.69) is 5.16 Å². The number of anilines is 1. The molecular formula is C19H15FN2O5. The lowest BCUT2D eigenvalue weighted by Crippen LogP contribution is -2.33. The second-order valence-electron chi connectivity index (χ2n) is 6.03. The van der Waals surface area contributed by atoms with Crippen molar-refractivity contribution in [1.29, 1.82) is 0 Å². The number of carbonyl (C=O) groups excluding carboxylic acids is 2. The number of imide groups is 1. The Balaban J connectivity index is 1.71. The van der Waals surface area contributed by atoms with Crippen LogP contribution in [0, 0.1) is 11.7 Å². The molecule has 2 aliphatic rings. The van der Waals surface area contributed by atoms with Crippen LogP contribution in [0.4, 0.5) is 10.1 Å². The number of oxime groups is 1. The Labute approximate surface area is 153 Å². The molecule has 7 nitrogen and oxygen atoms in total. The summed E-state index contributed by atoms with van der Waals surface area (Å²) >= 11 is 0. The zero-order chi connectivity index (χ0) is 19.1. The van der Waals surface area contributed by atoms with E-state index in [4.69, 9.17) is 14.3 Å². The molecule has 0 unspecified atom stereocenters. The molecule has 0 aromatic heterocycles. The third-order valence-corrected chi connectivity index (χ3v) is 4.58. The molecule has 0 N–H and O–H groups in total. The molecule has 2 aromatic rings. The van der Waals surface area contributed by atoms with Gasteiger partial charge in [0.15, 0.2) is 0 Å². The van der Waals surface area contributed by atoms with Crippen molar-refractivity contribution in [3.63, 3.8) is 0 Å². The summed E-state index contributed by atoms with van der Waals surface area (Å²) in [4.78, 5) is 31.9. The van der Waals surface area contributed by atoms with Gasteiger partial charge in [0.2, 0.25) is 12.0 Å². The summed E-state index contributed by atoms with van der Waals surface area (Å²) in [5.74, 6) is -1.36. The van der Waals surface area contributed by atoms with Crippen molar-refractivity contribution in [3.8, 4) is 11.5 Å². The first-order chi connectivity index (χ1) is 13.0. The molecule has 4 rings (SSSR count). The lowest BCUT2D eigenvalue weighted by atomic mass is 9.93. The number of hydrogen-bond donors (Lipinski definition) is 0. The van der Waals surface area contributed by atoms with Crippen molar-refractivity contribution in [1.82, 2.24) is 0 Å². The Morgan fingerprint density at radius 2 is 1.78 bits per heavy atom. The minimum atomic E-state index is -1.05. The highest BCUT2D eigenvalue weighted by atomic mass is 19.1. The van der Waals surface area contributed by atoms with Crippen LogP contribution >= 0.6 is 0 Å². The Kier molecular flexibility index (Phi) is 4.02. The fourth-order valence-corrected chi connectivity index (χ4v) is 3.26. The van der Waals surface area contributed by atoms with Gasteiger partial charge in [0.1, 0.15) is 28.9 Å². The largest absolute Gasteiger partial charge is 0.497 e. The van der Waals surface area contributed by atoms with E-state index in [1.807, 2.05) is 0 Å². The lowest BCUT2D eigenvalue weighted by molar-refractivity contribution is -0.126. The summed E-state index contributed by atoms with van der Waals surface area (Å²) in [5, 5.41) is 3.97. The van der Waals surface area contributed by atoms with Crippen molar-refractivity contribution in [3.05, 3.63) is 53.8 Å². The minimum Gasteiger partial charge on any atom is -0.497 e. The van der Waals surface area contributed by atoms with Crippen LogP contribution in [0.15, 0.2) is 47.6 Å². The van der Waals surface area contributed by atoms with Crippen LogP contribution in [0.3, 0.4) is 0 Å². The molecule has 138 valence electrons. The van der Waals surface area contributed by atoms with Crippen molar-refractivity contribution >= 4 is 23.2 Å². The molecule has 2 aliphatic heterocycles. The molecule has 0 aliphatic carbocycles. The molecule has 27 heavy (non-hydrogen) atoms. The van der Waals surface area contributed by atoms with Gasteiger partial charge in [-0.1, -0.05) is 5.16 Å². The topological polar surface area (TPSA) is 77.4 Å². The number of fused-ring (bicyclic) bond motifs is 1. The van der Waals surface area contributed by atoms with Crippen LogP contribution in [-0.4, -0.2) is 37.8 Å². The van der Waals surface area contributed by atoms with E-state index in [1.54, 1.807) is 18.2 Å². The zero-order valence-electron chi connectivity index (χ0n) is 14.5. The monoisotopic (exact) mass is 370 g/mol. The number of hydrogen-bond acceptors (Lipinski definition) is 6. The van der Waals surface area contributed by atoms with Crippen molar-refractivity contribution in [2.45, 2.75) is 6.10 Å². The fraction of sp³-hybridized carbons (Fsp3) is 0.211. The standard InChI is InChI=1S/C19H15FN2O5/c1-25-12-7-8-13(14(9-12)26-2)16-15-17(27-21-16)19(24)22(18(15)23)11-5-3-10(20)4-6-11/h3-9,15,17H,1-2H3/t15-,17+/m0/s1. The number of carbonyl (C=O) groups is 2. The SMILES string of the molecule is COc1ccc(C2=NO[C@H]3C(=O)N(c4ccc(F)cc4)C(=O)[C@@H]23)c(OC)c1. The number of amides is 2. The maximum absolute atomic E-state index is 13.2. The van der Waals surface area contributed by atoms with Crippen LogP contribution in [0.1, 0.15) is 5.56 Å². The first-order valence-electron chi connectivity index (χ1n) is 8.14. The number of benzene rings is 2. The smallest absolute Gasteiger partial charge is 0.278 e. The van der Waals surface area contributed by atoms with Gasteiger partial charge >= 0.3 is 0 Å². The van der Waals surface area contributed by atoms with E-state index < -0.39 is 29.7 Å². The molecule has 0 spiro atoms. The highest BCUT2D eigenvalue weighted by molar-refractivity contribution is 6.32. The van der Waals surface area contributed by atoms with Gasteiger partial charge in [-0.25, -0.2) is 9.29 Å². The van der Waals surface area contributed by atoms with E-state index in [0.717, 1.165) is 4.90 Å². The van der Waals surface area contributed by atoms with Crippen molar-refractivity contribution in [2.24, 2.45) is 11.1 Å². The number of nitrogens with zero attached hydrogens (tertiary/aromatic N) is 2. The highest BCUT2D eigenvalue weighted by Gasteiger charge is 2.56. The first-order valence-corrected chi connectivity index (χ1v) is 8.14. The van der Waals surface area contributed by atoms with Gasteiger partial charge in [0.25, 0.3) is 5.91 Å². The Morgan fingerprint density at radius 3 is 2.44 bits per heavy atom. The molecule has 8 heteroatoms. The molecule has 2 amide bonds. The predicted molar refractivity (Wildman–Crippen MR) is 93.3 cm³/mol. The van der Waals surface area contributed by atoms with Crippen LogP contribution in [0.2, 0.25) is 0 Å². The van der Waals surface area contributed by atoms with Crippen LogP contribution in [0.5, 0.6) is 11.5 Å². The second kappa shape index (κ2) is 6.39. The summed E-state index contributed by atoms with van der Waals surface area (Å²) in [7, 11) is 3.01. The average Bonchev–Trinajstić information content (AvgIpc) is 3.22. The third kappa shape index (κ3) is 2.61. The normalized spacial score (nSPS) is 21.0. The molecule has 2 aromatic carbocycles. The van der Waals surface area contributed by atoms with Gasteiger partial charge < -0.3 is 14.3 Å². The van der Waals surface area contributed by atoms with Crippen LogP contribution in [-0.2, 0) is 14.4 Å². The van der Waals surface area contributed by atoms with E-state index in [1.165, 1.54) is 38.5 Å². The molecule has 1 fully saturated rings. The lowest BCUT2D eigenvalue weighted by Gasteiger charge is -2.16. The van der Waals surface area contributed by atoms with Gasteiger partial charge in [-0.05, 0) is 36.4 Å².